The SMILES string of the molecule is Nc1ccc(-c2ccc(N)cc2-c2ccc(OCC3CO3)cc2)cc1. The normalized spacial score (nSPS) is 15.8. The smallest absolute Gasteiger partial charge is 0.119 e. The molecule has 0 aliphatic carbocycles. The van der Waals surface area contributed by atoms with Gasteiger partial charge in [-0.15, -0.1) is 0 Å². The number of anilines is 2. The second kappa shape index (κ2) is 6.49. The average Bonchev–Trinajstić information content (AvgIpc) is 3.46. The molecule has 1 fully saturated rings. The molecule has 0 bridgehead atoms. The van der Waals surface area contributed by atoms with Gasteiger partial charge in [-0.1, -0.05) is 30.3 Å². The van der Waals surface area contributed by atoms with E-state index in [0.717, 1.165) is 46.0 Å². The van der Waals surface area contributed by atoms with E-state index in [1.54, 1.807) is 0 Å². The van der Waals surface area contributed by atoms with Crippen molar-refractivity contribution in [3.05, 3.63) is 66.7 Å². The molecule has 4 rings (SSSR count). The standard InChI is InChI=1S/C21H20N2O2/c22-16-5-1-14(2-6-16)20-10-7-17(23)11-21(20)15-3-8-18(9-4-15)24-12-19-13-25-19/h1-11,19H,12-13,22-23H2. The maximum atomic E-state index is 6.03. The molecule has 4 N–H and O–H groups in total. The van der Waals surface area contributed by atoms with Gasteiger partial charge in [0.25, 0.3) is 0 Å². The van der Waals surface area contributed by atoms with Crippen LogP contribution in [0.5, 0.6) is 5.75 Å². The second-order valence-corrected chi connectivity index (χ2v) is 6.22. The fourth-order valence-corrected chi connectivity index (χ4v) is 2.80. The van der Waals surface area contributed by atoms with Gasteiger partial charge < -0.3 is 20.9 Å². The van der Waals surface area contributed by atoms with Crippen molar-refractivity contribution in [1.29, 1.82) is 0 Å². The summed E-state index contributed by atoms with van der Waals surface area (Å²) in [7, 11) is 0. The molecular weight excluding hydrogens is 312 g/mol. The molecule has 1 aliphatic rings. The third-order valence-corrected chi connectivity index (χ3v) is 4.27. The van der Waals surface area contributed by atoms with Gasteiger partial charge in [0.1, 0.15) is 18.5 Å². The van der Waals surface area contributed by atoms with Crippen molar-refractivity contribution in [3.63, 3.8) is 0 Å². The molecule has 1 saturated heterocycles. The minimum atomic E-state index is 0.255. The maximum Gasteiger partial charge on any atom is 0.119 e. The van der Waals surface area contributed by atoms with Crippen LogP contribution in [0.15, 0.2) is 66.7 Å². The van der Waals surface area contributed by atoms with E-state index in [9.17, 15) is 0 Å². The summed E-state index contributed by atoms with van der Waals surface area (Å²) >= 11 is 0. The van der Waals surface area contributed by atoms with E-state index in [2.05, 4.69) is 12.1 Å². The number of hydrogen-bond donors (Lipinski definition) is 2. The first-order valence-corrected chi connectivity index (χ1v) is 8.29. The van der Waals surface area contributed by atoms with Gasteiger partial charge in [0, 0.05) is 11.4 Å². The molecule has 126 valence electrons. The zero-order valence-corrected chi connectivity index (χ0v) is 13.8. The topological polar surface area (TPSA) is 73.8 Å². The molecule has 1 unspecified atom stereocenters. The molecule has 0 saturated carbocycles. The highest BCUT2D eigenvalue weighted by Crippen LogP contribution is 2.34. The van der Waals surface area contributed by atoms with Crippen molar-refractivity contribution in [2.45, 2.75) is 6.10 Å². The summed E-state index contributed by atoms with van der Waals surface area (Å²) < 4.78 is 10.9. The van der Waals surface area contributed by atoms with Gasteiger partial charge in [0.05, 0.1) is 6.61 Å². The lowest BCUT2D eigenvalue weighted by Crippen LogP contribution is -2.03. The molecule has 25 heavy (non-hydrogen) atoms. The largest absolute Gasteiger partial charge is 0.491 e. The maximum absolute atomic E-state index is 6.03. The Labute approximate surface area is 147 Å². The quantitative estimate of drug-likeness (QED) is 0.548. The summed E-state index contributed by atoms with van der Waals surface area (Å²) in [6.45, 7) is 1.40. The van der Waals surface area contributed by atoms with Gasteiger partial charge in [0.15, 0.2) is 0 Å². The molecule has 0 amide bonds. The Morgan fingerprint density at radius 2 is 1.40 bits per heavy atom. The Balaban J connectivity index is 1.66. The molecule has 4 heteroatoms. The number of epoxide rings is 1. The fourth-order valence-electron chi connectivity index (χ4n) is 2.80. The number of rotatable bonds is 5. The number of hydrogen-bond acceptors (Lipinski definition) is 4. The Kier molecular flexibility index (Phi) is 4.04. The Bertz CT molecular complexity index is 869. The second-order valence-electron chi connectivity index (χ2n) is 6.22. The third-order valence-electron chi connectivity index (χ3n) is 4.27. The van der Waals surface area contributed by atoms with E-state index < -0.39 is 0 Å². The molecule has 0 radical (unpaired) electrons. The number of nitrogen functional groups attached to an aromatic ring is 2. The Morgan fingerprint density at radius 1 is 0.800 bits per heavy atom. The summed E-state index contributed by atoms with van der Waals surface area (Å²) in [5.74, 6) is 0.845. The highest BCUT2D eigenvalue weighted by atomic mass is 16.6. The van der Waals surface area contributed by atoms with Crippen LogP contribution in [-0.2, 0) is 4.74 Å². The number of ether oxygens (including phenoxy) is 2. The lowest BCUT2D eigenvalue weighted by molar-refractivity contribution is 0.263. The van der Waals surface area contributed by atoms with Crippen LogP contribution in [0, 0.1) is 0 Å². The first-order chi connectivity index (χ1) is 12.2. The van der Waals surface area contributed by atoms with Crippen LogP contribution in [0.3, 0.4) is 0 Å². The Hall–Kier alpha value is -2.98. The van der Waals surface area contributed by atoms with E-state index in [1.165, 1.54) is 0 Å². The van der Waals surface area contributed by atoms with Crippen LogP contribution in [0.25, 0.3) is 22.3 Å². The highest BCUT2D eigenvalue weighted by molar-refractivity contribution is 5.86. The lowest BCUT2D eigenvalue weighted by Gasteiger charge is -2.12. The molecule has 3 aromatic carbocycles. The summed E-state index contributed by atoms with van der Waals surface area (Å²) in [6.07, 6.45) is 0.255. The molecule has 0 aromatic heterocycles. The monoisotopic (exact) mass is 332 g/mol. The fraction of sp³-hybridized carbons (Fsp3) is 0.143. The predicted octanol–water partition coefficient (Wildman–Crippen LogP) is 3.96. The summed E-state index contributed by atoms with van der Waals surface area (Å²) in [5, 5.41) is 0. The molecule has 4 nitrogen and oxygen atoms in total. The van der Waals surface area contributed by atoms with Crippen LogP contribution in [-0.4, -0.2) is 19.3 Å². The van der Waals surface area contributed by atoms with Crippen molar-refractivity contribution in [1.82, 2.24) is 0 Å². The van der Waals surface area contributed by atoms with Crippen LogP contribution in [0.1, 0.15) is 0 Å². The van der Waals surface area contributed by atoms with Crippen molar-refractivity contribution >= 4 is 11.4 Å². The van der Waals surface area contributed by atoms with Crippen LogP contribution in [0.2, 0.25) is 0 Å². The summed E-state index contributed by atoms with van der Waals surface area (Å²) in [4.78, 5) is 0. The van der Waals surface area contributed by atoms with E-state index in [1.807, 2.05) is 54.6 Å². The summed E-state index contributed by atoms with van der Waals surface area (Å²) in [6, 6.07) is 21.9. The average molecular weight is 332 g/mol. The minimum absolute atomic E-state index is 0.255. The molecule has 1 heterocycles. The predicted molar refractivity (Wildman–Crippen MR) is 101 cm³/mol. The minimum Gasteiger partial charge on any atom is -0.491 e. The lowest BCUT2D eigenvalue weighted by atomic mass is 9.94. The third kappa shape index (κ3) is 3.59. The van der Waals surface area contributed by atoms with Crippen molar-refractivity contribution < 1.29 is 9.47 Å². The van der Waals surface area contributed by atoms with Crippen LogP contribution < -0.4 is 16.2 Å². The molecule has 0 spiro atoms. The van der Waals surface area contributed by atoms with Gasteiger partial charge in [0.2, 0.25) is 0 Å². The molecule has 1 atom stereocenters. The van der Waals surface area contributed by atoms with E-state index >= 15 is 0 Å². The van der Waals surface area contributed by atoms with E-state index in [4.69, 9.17) is 20.9 Å². The van der Waals surface area contributed by atoms with Crippen molar-refractivity contribution in [2.24, 2.45) is 0 Å². The van der Waals surface area contributed by atoms with Crippen LogP contribution >= 0.6 is 0 Å². The Morgan fingerprint density at radius 3 is 2.08 bits per heavy atom. The van der Waals surface area contributed by atoms with Crippen LogP contribution in [0.4, 0.5) is 11.4 Å². The highest BCUT2D eigenvalue weighted by Gasteiger charge is 2.23. The zero-order valence-electron chi connectivity index (χ0n) is 13.8. The zero-order chi connectivity index (χ0) is 17.2. The first kappa shape index (κ1) is 15.5. The molecule has 1 aliphatic heterocycles. The van der Waals surface area contributed by atoms with Crippen molar-refractivity contribution in [2.75, 3.05) is 24.7 Å². The van der Waals surface area contributed by atoms with Gasteiger partial charge in [-0.25, -0.2) is 0 Å². The van der Waals surface area contributed by atoms with Crippen molar-refractivity contribution in [3.8, 4) is 28.0 Å². The van der Waals surface area contributed by atoms with Gasteiger partial charge in [-0.2, -0.15) is 0 Å². The summed E-state index contributed by atoms with van der Waals surface area (Å²) in [5.41, 5.74) is 17.7. The van der Waals surface area contributed by atoms with Gasteiger partial charge in [-0.3, -0.25) is 0 Å². The number of nitrogens with two attached hydrogens (primary N) is 2. The van der Waals surface area contributed by atoms with Gasteiger partial charge >= 0.3 is 0 Å². The molecule has 3 aromatic rings. The van der Waals surface area contributed by atoms with Gasteiger partial charge in [-0.05, 0) is 58.7 Å². The molecular formula is C21H20N2O2. The van der Waals surface area contributed by atoms with E-state index in [0.29, 0.717) is 6.61 Å². The first-order valence-electron chi connectivity index (χ1n) is 8.29. The number of benzene rings is 3. The van der Waals surface area contributed by atoms with E-state index in [-0.39, 0.29) is 6.10 Å².